The second-order valence-corrected chi connectivity index (χ2v) is 8.23. The molecule has 0 atom stereocenters. The first-order chi connectivity index (χ1) is 12.0. The van der Waals surface area contributed by atoms with E-state index in [9.17, 15) is 14.4 Å². The molecular formula is C19H29NO4S. The highest BCUT2D eigenvalue weighted by Gasteiger charge is 2.47. The predicted molar refractivity (Wildman–Crippen MR) is 99.9 cm³/mol. The molecule has 5 nitrogen and oxygen atoms in total. The van der Waals surface area contributed by atoms with E-state index < -0.39 is 5.92 Å². The van der Waals surface area contributed by atoms with Crippen molar-refractivity contribution in [1.82, 2.24) is 0 Å². The van der Waals surface area contributed by atoms with Crippen molar-refractivity contribution in [3.05, 3.63) is 0 Å². The van der Waals surface area contributed by atoms with Crippen LogP contribution in [0.5, 0.6) is 0 Å². The standard InChI is InChI=1S/C19H29NO4S/c1-3-24-20-11-7-8-15(21)18-16(22)12-14(13-17(18)23)19(25-2)9-5-4-6-10-19/h11,14,18H,3-10,12-13H2,1-2H3. The maximum atomic E-state index is 12.6. The van der Waals surface area contributed by atoms with E-state index in [4.69, 9.17) is 4.84 Å². The lowest BCUT2D eigenvalue weighted by atomic mass is 9.68. The smallest absolute Gasteiger partial charge is 0.151 e. The van der Waals surface area contributed by atoms with Crippen LogP contribution in [-0.4, -0.2) is 41.2 Å². The molecule has 0 radical (unpaired) electrons. The molecule has 0 aromatic carbocycles. The fourth-order valence-corrected chi connectivity index (χ4v) is 5.36. The highest BCUT2D eigenvalue weighted by atomic mass is 32.2. The third kappa shape index (κ3) is 4.93. The number of hydrogen-bond acceptors (Lipinski definition) is 6. The van der Waals surface area contributed by atoms with Crippen LogP contribution in [0.3, 0.4) is 0 Å². The zero-order valence-corrected chi connectivity index (χ0v) is 16.1. The maximum Gasteiger partial charge on any atom is 0.151 e. The molecule has 0 aliphatic heterocycles. The van der Waals surface area contributed by atoms with Gasteiger partial charge in [-0.05, 0) is 38.4 Å². The van der Waals surface area contributed by atoms with Crippen molar-refractivity contribution >= 4 is 35.3 Å². The molecule has 2 fully saturated rings. The molecular weight excluding hydrogens is 338 g/mol. The first-order valence-corrected chi connectivity index (χ1v) is 10.5. The monoisotopic (exact) mass is 367 g/mol. The maximum absolute atomic E-state index is 12.6. The van der Waals surface area contributed by atoms with Gasteiger partial charge in [-0.1, -0.05) is 24.4 Å². The van der Waals surface area contributed by atoms with Gasteiger partial charge in [-0.25, -0.2) is 0 Å². The van der Waals surface area contributed by atoms with Gasteiger partial charge >= 0.3 is 0 Å². The van der Waals surface area contributed by atoms with Gasteiger partial charge in [0.2, 0.25) is 0 Å². The topological polar surface area (TPSA) is 72.8 Å². The molecule has 0 aromatic rings. The van der Waals surface area contributed by atoms with Crippen LogP contribution < -0.4 is 0 Å². The van der Waals surface area contributed by atoms with E-state index in [2.05, 4.69) is 11.4 Å². The molecule has 140 valence electrons. The van der Waals surface area contributed by atoms with Crippen molar-refractivity contribution in [1.29, 1.82) is 0 Å². The van der Waals surface area contributed by atoms with Crippen LogP contribution >= 0.6 is 11.8 Å². The average molecular weight is 368 g/mol. The molecule has 2 rings (SSSR count). The van der Waals surface area contributed by atoms with Crippen LogP contribution in [-0.2, 0) is 19.2 Å². The summed E-state index contributed by atoms with van der Waals surface area (Å²) in [6.45, 7) is 2.30. The third-order valence-electron chi connectivity index (χ3n) is 5.51. The largest absolute Gasteiger partial charge is 0.396 e. The average Bonchev–Trinajstić information content (AvgIpc) is 2.61. The molecule has 0 spiro atoms. The lowest BCUT2D eigenvalue weighted by molar-refractivity contribution is -0.144. The van der Waals surface area contributed by atoms with Crippen LogP contribution in [0.1, 0.15) is 64.7 Å². The van der Waals surface area contributed by atoms with Crippen molar-refractivity contribution in [3.8, 4) is 0 Å². The van der Waals surface area contributed by atoms with Crippen molar-refractivity contribution in [2.45, 2.75) is 69.5 Å². The Hall–Kier alpha value is -1.17. The number of thioether (sulfide) groups is 1. The number of rotatable bonds is 8. The Labute approximate surface area is 154 Å². The number of oxime groups is 1. The van der Waals surface area contributed by atoms with E-state index in [1.165, 1.54) is 25.5 Å². The Morgan fingerprint density at radius 3 is 2.44 bits per heavy atom. The summed E-state index contributed by atoms with van der Waals surface area (Å²) in [7, 11) is 0. The fraction of sp³-hybridized carbons (Fsp3) is 0.789. The van der Waals surface area contributed by atoms with Gasteiger partial charge < -0.3 is 4.84 Å². The zero-order valence-electron chi connectivity index (χ0n) is 15.3. The van der Waals surface area contributed by atoms with Crippen molar-refractivity contribution in [2.75, 3.05) is 12.9 Å². The first-order valence-electron chi connectivity index (χ1n) is 9.31. The molecule has 0 amide bonds. The molecule has 25 heavy (non-hydrogen) atoms. The van der Waals surface area contributed by atoms with Gasteiger partial charge in [0, 0.05) is 30.2 Å². The minimum atomic E-state index is -1.04. The minimum absolute atomic E-state index is 0.0434. The number of ketones is 3. The van der Waals surface area contributed by atoms with Crippen molar-refractivity contribution in [3.63, 3.8) is 0 Å². The number of Topliss-reactive ketones (excluding diaryl/α,β-unsaturated/α-hetero) is 3. The van der Waals surface area contributed by atoms with E-state index in [1.807, 2.05) is 18.7 Å². The van der Waals surface area contributed by atoms with Gasteiger partial charge in [-0.2, -0.15) is 11.8 Å². The van der Waals surface area contributed by atoms with Crippen molar-refractivity contribution < 1.29 is 19.2 Å². The second kappa shape index (κ2) is 9.51. The highest BCUT2D eigenvalue weighted by Crippen LogP contribution is 2.48. The van der Waals surface area contributed by atoms with Crippen LogP contribution in [0.25, 0.3) is 0 Å². The molecule has 2 aliphatic carbocycles. The molecule has 0 bridgehead atoms. The molecule has 0 N–H and O–H groups in total. The molecule has 6 heteroatoms. The van der Waals surface area contributed by atoms with Crippen LogP contribution in [0.15, 0.2) is 5.16 Å². The van der Waals surface area contributed by atoms with Crippen LogP contribution in [0.2, 0.25) is 0 Å². The summed E-state index contributed by atoms with van der Waals surface area (Å²) in [5, 5.41) is 3.69. The quantitative estimate of drug-likeness (QED) is 0.372. The Bertz CT molecular complexity index is 508. The molecule has 0 aromatic heterocycles. The van der Waals surface area contributed by atoms with Gasteiger partial charge in [0.1, 0.15) is 12.5 Å². The minimum Gasteiger partial charge on any atom is -0.396 e. The summed E-state index contributed by atoms with van der Waals surface area (Å²) in [5.41, 5.74) is 0. The SMILES string of the molecule is CCON=CCCC(=O)C1C(=O)CC(C2(SC)CCCCC2)CC1=O. The van der Waals surface area contributed by atoms with E-state index >= 15 is 0 Å². The fourth-order valence-electron chi connectivity index (χ4n) is 4.16. The summed E-state index contributed by atoms with van der Waals surface area (Å²) in [5.74, 6) is -1.57. The Morgan fingerprint density at radius 1 is 1.24 bits per heavy atom. The van der Waals surface area contributed by atoms with E-state index in [-0.39, 0.29) is 34.4 Å². The zero-order chi connectivity index (χ0) is 18.3. The highest BCUT2D eigenvalue weighted by molar-refractivity contribution is 8.00. The second-order valence-electron chi connectivity index (χ2n) is 7.01. The Morgan fingerprint density at radius 2 is 1.88 bits per heavy atom. The summed E-state index contributed by atoms with van der Waals surface area (Å²) < 4.78 is 0.0434. The predicted octanol–water partition coefficient (Wildman–Crippen LogP) is 3.59. The van der Waals surface area contributed by atoms with Crippen molar-refractivity contribution in [2.24, 2.45) is 17.0 Å². The normalized spacial score (nSPS) is 26.8. The summed E-state index contributed by atoms with van der Waals surface area (Å²) in [6, 6.07) is 0. The van der Waals surface area contributed by atoms with Gasteiger partial charge in [0.25, 0.3) is 0 Å². The summed E-state index contributed by atoms with van der Waals surface area (Å²) >= 11 is 1.81. The molecule has 0 heterocycles. The number of carbonyl (C=O) groups excluding carboxylic acids is 3. The lowest BCUT2D eigenvalue weighted by Crippen LogP contribution is -2.46. The molecule has 2 saturated carbocycles. The van der Waals surface area contributed by atoms with Gasteiger partial charge in [0.15, 0.2) is 17.3 Å². The van der Waals surface area contributed by atoms with Gasteiger partial charge in [-0.15, -0.1) is 0 Å². The first kappa shape index (κ1) is 20.1. The summed E-state index contributed by atoms with van der Waals surface area (Å²) in [4.78, 5) is 42.3. The Kier molecular flexibility index (Phi) is 7.66. The van der Waals surface area contributed by atoms with Gasteiger partial charge in [-0.3, -0.25) is 14.4 Å². The number of carbonyl (C=O) groups is 3. The lowest BCUT2D eigenvalue weighted by Gasteiger charge is -2.44. The van der Waals surface area contributed by atoms with E-state index in [1.54, 1.807) is 0 Å². The molecule has 2 aliphatic rings. The Balaban J connectivity index is 1.96. The van der Waals surface area contributed by atoms with Crippen LogP contribution in [0, 0.1) is 11.8 Å². The molecule has 0 unspecified atom stereocenters. The number of hydrogen-bond donors (Lipinski definition) is 0. The van der Waals surface area contributed by atoms with Crippen LogP contribution in [0.4, 0.5) is 0 Å². The van der Waals surface area contributed by atoms with E-state index in [0.29, 0.717) is 25.9 Å². The summed E-state index contributed by atoms with van der Waals surface area (Å²) in [6.07, 6.45) is 10.6. The number of nitrogens with zero attached hydrogens (tertiary/aromatic N) is 1. The third-order valence-corrected chi connectivity index (χ3v) is 7.06. The van der Waals surface area contributed by atoms with Gasteiger partial charge in [0.05, 0.1) is 0 Å². The molecule has 0 saturated heterocycles. The van der Waals surface area contributed by atoms with E-state index in [0.717, 1.165) is 12.8 Å².